The van der Waals surface area contributed by atoms with Gasteiger partial charge >= 0.3 is 0 Å². The lowest BCUT2D eigenvalue weighted by Gasteiger charge is -2.05. The second-order valence-corrected chi connectivity index (χ2v) is 6.69. The molecule has 3 nitrogen and oxygen atoms in total. The predicted molar refractivity (Wildman–Crippen MR) is 97.2 cm³/mol. The van der Waals surface area contributed by atoms with Gasteiger partial charge in [0, 0.05) is 33.6 Å². The number of aromatic amines is 1. The van der Waals surface area contributed by atoms with Crippen molar-refractivity contribution in [2.45, 2.75) is 11.3 Å². The summed E-state index contributed by atoms with van der Waals surface area (Å²) in [5, 5.41) is 4.89. The predicted octanol–water partition coefficient (Wildman–Crippen LogP) is 4.27. The van der Waals surface area contributed by atoms with Gasteiger partial charge in [0.15, 0.2) is 0 Å². The van der Waals surface area contributed by atoms with Gasteiger partial charge in [-0.25, -0.2) is 0 Å². The Labute approximate surface area is 144 Å². The zero-order valence-corrected chi connectivity index (χ0v) is 14.1. The number of rotatable bonds is 6. The molecule has 0 unspecified atom stereocenters. The lowest BCUT2D eigenvalue weighted by atomic mass is 10.1. The lowest BCUT2D eigenvalue weighted by Crippen LogP contribution is -2.27. The largest absolute Gasteiger partial charge is 0.361 e. The molecule has 2 aromatic carbocycles. The number of amides is 1. The minimum absolute atomic E-state index is 0.0461. The molecule has 23 heavy (non-hydrogen) atoms. The number of benzene rings is 2. The van der Waals surface area contributed by atoms with Gasteiger partial charge in [-0.3, -0.25) is 4.79 Å². The van der Waals surface area contributed by atoms with E-state index in [9.17, 15) is 4.79 Å². The fourth-order valence-corrected chi connectivity index (χ4v) is 3.26. The Kier molecular flexibility index (Phi) is 5.26. The number of hydrogen-bond donors (Lipinski definition) is 2. The molecule has 1 heterocycles. The van der Waals surface area contributed by atoms with Crippen molar-refractivity contribution >= 4 is 40.2 Å². The summed E-state index contributed by atoms with van der Waals surface area (Å²) in [5.74, 6) is 0.458. The molecule has 118 valence electrons. The Hall–Kier alpha value is -1.91. The highest BCUT2D eigenvalue weighted by Gasteiger charge is 2.05. The van der Waals surface area contributed by atoms with Gasteiger partial charge in [0.2, 0.25) is 5.91 Å². The zero-order valence-electron chi connectivity index (χ0n) is 12.5. The third-order valence-electron chi connectivity index (χ3n) is 3.57. The molecule has 5 heteroatoms. The monoisotopic (exact) mass is 344 g/mol. The third kappa shape index (κ3) is 4.30. The summed E-state index contributed by atoms with van der Waals surface area (Å²) in [6.07, 6.45) is 2.83. The molecule has 0 spiro atoms. The molecule has 0 atom stereocenters. The second kappa shape index (κ2) is 7.57. The van der Waals surface area contributed by atoms with Crippen LogP contribution in [0.1, 0.15) is 5.56 Å². The maximum absolute atomic E-state index is 11.9. The van der Waals surface area contributed by atoms with E-state index in [1.165, 1.54) is 22.7 Å². The molecule has 0 aliphatic rings. The van der Waals surface area contributed by atoms with Crippen molar-refractivity contribution in [1.29, 1.82) is 0 Å². The summed E-state index contributed by atoms with van der Waals surface area (Å²) < 4.78 is 0. The van der Waals surface area contributed by atoms with Crippen LogP contribution in [0.2, 0.25) is 5.02 Å². The van der Waals surface area contributed by atoms with Crippen LogP contribution in [-0.4, -0.2) is 23.2 Å². The van der Waals surface area contributed by atoms with Crippen molar-refractivity contribution in [3.63, 3.8) is 0 Å². The van der Waals surface area contributed by atoms with Gasteiger partial charge in [0.25, 0.3) is 0 Å². The molecule has 1 aromatic heterocycles. The first-order chi connectivity index (χ1) is 11.2. The zero-order chi connectivity index (χ0) is 16.1. The molecular formula is C18H17ClN2OS. The first-order valence-electron chi connectivity index (χ1n) is 7.42. The minimum atomic E-state index is 0.0461. The number of carbonyl (C=O) groups excluding carboxylic acids is 1. The molecule has 2 N–H and O–H groups in total. The van der Waals surface area contributed by atoms with E-state index in [-0.39, 0.29) is 5.91 Å². The maximum atomic E-state index is 11.9. The number of fused-ring (bicyclic) bond motifs is 1. The van der Waals surface area contributed by atoms with Crippen molar-refractivity contribution in [2.75, 3.05) is 12.3 Å². The van der Waals surface area contributed by atoms with Gasteiger partial charge in [-0.05, 0) is 42.3 Å². The molecule has 3 rings (SSSR count). The molecule has 0 bridgehead atoms. The number of thioether (sulfide) groups is 1. The average Bonchev–Trinajstić information content (AvgIpc) is 2.98. The van der Waals surface area contributed by atoms with E-state index in [0.29, 0.717) is 17.3 Å². The lowest BCUT2D eigenvalue weighted by molar-refractivity contribution is -0.118. The average molecular weight is 345 g/mol. The number of para-hydroxylation sites is 1. The van der Waals surface area contributed by atoms with Gasteiger partial charge in [-0.1, -0.05) is 29.8 Å². The van der Waals surface area contributed by atoms with Crippen molar-refractivity contribution < 1.29 is 4.79 Å². The highest BCUT2D eigenvalue weighted by molar-refractivity contribution is 8.00. The fraction of sp³-hybridized carbons (Fsp3) is 0.167. The van der Waals surface area contributed by atoms with E-state index in [1.54, 1.807) is 0 Å². The van der Waals surface area contributed by atoms with Crippen LogP contribution in [0.5, 0.6) is 0 Å². The maximum Gasteiger partial charge on any atom is 0.230 e. The van der Waals surface area contributed by atoms with Gasteiger partial charge in [0.05, 0.1) is 5.75 Å². The van der Waals surface area contributed by atoms with E-state index in [0.717, 1.165) is 16.8 Å². The van der Waals surface area contributed by atoms with Gasteiger partial charge in [-0.15, -0.1) is 11.8 Å². The third-order valence-corrected chi connectivity index (χ3v) is 4.84. The molecule has 0 saturated carbocycles. The summed E-state index contributed by atoms with van der Waals surface area (Å²) in [4.78, 5) is 16.2. The number of aromatic nitrogens is 1. The van der Waals surface area contributed by atoms with E-state index in [1.807, 2.05) is 42.6 Å². The van der Waals surface area contributed by atoms with Crippen LogP contribution in [0, 0.1) is 0 Å². The Bertz CT molecular complexity index is 798. The van der Waals surface area contributed by atoms with Crippen LogP contribution < -0.4 is 5.32 Å². The van der Waals surface area contributed by atoms with Crippen LogP contribution >= 0.6 is 23.4 Å². The van der Waals surface area contributed by atoms with E-state index in [4.69, 9.17) is 11.6 Å². The number of H-pyrrole nitrogens is 1. The normalized spacial score (nSPS) is 10.8. The smallest absolute Gasteiger partial charge is 0.230 e. The van der Waals surface area contributed by atoms with E-state index >= 15 is 0 Å². The molecule has 0 aliphatic carbocycles. The van der Waals surface area contributed by atoms with Crippen molar-refractivity contribution in [3.8, 4) is 0 Å². The second-order valence-electron chi connectivity index (χ2n) is 5.20. The number of halogens is 1. The van der Waals surface area contributed by atoms with Gasteiger partial charge in [-0.2, -0.15) is 0 Å². The molecule has 0 aliphatic heterocycles. The van der Waals surface area contributed by atoms with Crippen molar-refractivity contribution in [3.05, 3.63) is 65.3 Å². The first kappa shape index (κ1) is 16.0. The highest BCUT2D eigenvalue weighted by atomic mass is 35.5. The summed E-state index contributed by atoms with van der Waals surface area (Å²) in [7, 11) is 0. The van der Waals surface area contributed by atoms with Crippen LogP contribution in [0.25, 0.3) is 10.9 Å². The Morgan fingerprint density at radius 3 is 2.74 bits per heavy atom. The van der Waals surface area contributed by atoms with Crippen LogP contribution in [0.4, 0.5) is 0 Å². The summed E-state index contributed by atoms with van der Waals surface area (Å²) in [6, 6.07) is 15.7. The first-order valence-corrected chi connectivity index (χ1v) is 8.79. The summed E-state index contributed by atoms with van der Waals surface area (Å²) in [5.41, 5.74) is 2.36. The van der Waals surface area contributed by atoms with Gasteiger partial charge < -0.3 is 10.3 Å². The summed E-state index contributed by atoms with van der Waals surface area (Å²) >= 11 is 7.35. The van der Waals surface area contributed by atoms with E-state index in [2.05, 4.69) is 22.4 Å². The SMILES string of the molecule is O=C(CSc1ccc(Cl)cc1)NCCc1c[nH]c2ccccc12. The molecule has 1 amide bonds. The van der Waals surface area contributed by atoms with Crippen LogP contribution in [-0.2, 0) is 11.2 Å². The standard InChI is InChI=1S/C18H17ClN2OS/c19-14-5-7-15(8-6-14)23-12-18(22)20-10-9-13-11-21-17-4-2-1-3-16(13)17/h1-8,11,21H,9-10,12H2,(H,20,22). The van der Waals surface area contributed by atoms with E-state index < -0.39 is 0 Å². The van der Waals surface area contributed by atoms with Crippen molar-refractivity contribution in [2.24, 2.45) is 0 Å². The minimum Gasteiger partial charge on any atom is -0.361 e. The van der Waals surface area contributed by atoms with Crippen LogP contribution in [0.15, 0.2) is 59.6 Å². The highest BCUT2D eigenvalue weighted by Crippen LogP contribution is 2.20. The van der Waals surface area contributed by atoms with Crippen molar-refractivity contribution in [1.82, 2.24) is 10.3 Å². The quantitative estimate of drug-likeness (QED) is 0.656. The fourth-order valence-electron chi connectivity index (χ4n) is 2.41. The molecular weight excluding hydrogens is 328 g/mol. The molecule has 0 radical (unpaired) electrons. The number of nitrogens with one attached hydrogen (secondary N) is 2. The molecule has 0 fully saturated rings. The summed E-state index contributed by atoms with van der Waals surface area (Å²) in [6.45, 7) is 0.641. The number of carbonyl (C=O) groups is 1. The molecule has 3 aromatic rings. The Morgan fingerprint density at radius 1 is 1.13 bits per heavy atom. The molecule has 0 saturated heterocycles. The Morgan fingerprint density at radius 2 is 1.91 bits per heavy atom. The topological polar surface area (TPSA) is 44.9 Å². The Balaban J connectivity index is 1.45. The number of hydrogen-bond acceptors (Lipinski definition) is 2. The van der Waals surface area contributed by atoms with Gasteiger partial charge in [0.1, 0.15) is 0 Å². The van der Waals surface area contributed by atoms with Crippen LogP contribution in [0.3, 0.4) is 0 Å².